The van der Waals surface area contributed by atoms with Gasteiger partial charge in [0.2, 0.25) is 0 Å². The Balaban J connectivity index is 1.53. The third kappa shape index (κ3) is 5.14. The van der Waals surface area contributed by atoms with Crippen molar-refractivity contribution in [3.05, 3.63) is 95.6 Å². The van der Waals surface area contributed by atoms with Crippen molar-refractivity contribution in [1.82, 2.24) is 5.32 Å². The molecule has 1 saturated heterocycles. The molecule has 0 aliphatic carbocycles. The van der Waals surface area contributed by atoms with Crippen LogP contribution in [0.3, 0.4) is 0 Å². The predicted octanol–water partition coefficient (Wildman–Crippen LogP) is 3.94. The lowest BCUT2D eigenvalue weighted by Crippen LogP contribution is -2.54. The van der Waals surface area contributed by atoms with Crippen molar-refractivity contribution in [3.8, 4) is 23.8 Å². The molecule has 34 heavy (non-hydrogen) atoms. The lowest BCUT2D eigenvalue weighted by molar-refractivity contribution is -0.122. The summed E-state index contributed by atoms with van der Waals surface area (Å²) in [5.41, 5.74) is 1.68. The molecule has 1 heterocycles. The van der Waals surface area contributed by atoms with E-state index in [-0.39, 0.29) is 12.2 Å². The molecular formula is C27H20N2O5. The lowest BCUT2D eigenvalue weighted by Gasteiger charge is -2.26. The number of urea groups is 1. The molecule has 7 heteroatoms. The summed E-state index contributed by atoms with van der Waals surface area (Å²) < 4.78 is 11.1. The van der Waals surface area contributed by atoms with Gasteiger partial charge in [0.05, 0.1) is 5.69 Å². The summed E-state index contributed by atoms with van der Waals surface area (Å²) in [7, 11) is 0. The summed E-state index contributed by atoms with van der Waals surface area (Å²) in [5.74, 6) is 1.93. The van der Waals surface area contributed by atoms with Gasteiger partial charge in [0, 0.05) is 0 Å². The summed E-state index contributed by atoms with van der Waals surface area (Å²) in [6.45, 7) is 0.474. The fraction of sp³-hybridized carbons (Fsp3) is 0.0741. The topological polar surface area (TPSA) is 84.9 Å². The van der Waals surface area contributed by atoms with Crippen molar-refractivity contribution < 1.29 is 23.9 Å². The van der Waals surface area contributed by atoms with Crippen molar-refractivity contribution in [2.45, 2.75) is 6.61 Å². The Morgan fingerprint density at radius 2 is 1.65 bits per heavy atom. The number of amides is 4. The van der Waals surface area contributed by atoms with Crippen LogP contribution < -0.4 is 19.7 Å². The van der Waals surface area contributed by atoms with Crippen molar-refractivity contribution in [2.24, 2.45) is 0 Å². The Kier molecular flexibility index (Phi) is 6.70. The molecule has 0 unspecified atom stereocenters. The van der Waals surface area contributed by atoms with Crippen LogP contribution in [0.15, 0.2) is 84.4 Å². The predicted molar refractivity (Wildman–Crippen MR) is 127 cm³/mol. The number of ether oxygens (including phenoxy) is 2. The summed E-state index contributed by atoms with van der Waals surface area (Å²) >= 11 is 0. The van der Waals surface area contributed by atoms with E-state index in [2.05, 4.69) is 11.2 Å². The van der Waals surface area contributed by atoms with Crippen LogP contribution in [0.1, 0.15) is 11.1 Å². The first-order valence-electron chi connectivity index (χ1n) is 10.4. The fourth-order valence-corrected chi connectivity index (χ4v) is 3.31. The molecule has 4 rings (SSSR count). The van der Waals surface area contributed by atoms with E-state index in [0.29, 0.717) is 29.4 Å². The van der Waals surface area contributed by atoms with Gasteiger partial charge in [-0.05, 0) is 53.6 Å². The molecule has 1 N–H and O–H groups in total. The minimum absolute atomic E-state index is 0.0901. The molecule has 3 aromatic rings. The summed E-state index contributed by atoms with van der Waals surface area (Å²) in [4.78, 5) is 38.9. The molecule has 4 amide bonds. The van der Waals surface area contributed by atoms with Gasteiger partial charge in [0.1, 0.15) is 30.3 Å². The summed E-state index contributed by atoms with van der Waals surface area (Å²) in [6.07, 6.45) is 6.61. The average Bonchev–Trinajstić information content (AvgIpc) is 2.85. The third-order valence-corrected chi connectivity index (χ3v) is 4.94. The zero-order valence-electron chi connectivity index (χ0n) is 18.1. The van der Waals surface area contributed by atoms with Gasteiger partial charge in [-0.3, -0.25) is 14.9 Å². The normalized spacial score (nSPS) is 14.5. The number of terminal acetylenes is 1. The number of hydrogen-bond acceptors (Lipinski definition) is 5. The van der Waals surface area contributed by atoms with Crippen LogP contribution in [0.5, 0.6) is 11.5 Å². The van der Waals surface area contributed by atoms with Gasteiger partial charge in [-0.15, -0.1) is 6.42 Å². The Bertz CT molecular complexity index is 1290. The quantitative estimate of drug-likeness (QED) is 0.333. The minimum atomic E-state index is -0.823. The van der Waals surface area contributed by atoms with Crippen LogP contribution >= 0.6 is 0 Å². The first-order chi connectivity index (χ1) is 16.5. The van der Waals surface area contributed by atoms with Crippen molar-refractivity contribution in [1.29, 1.82) is 0 Å². The maximum Gasteiger partial charge on any atom is 0.335 e. The molecule has 0 radical (unpaired) electrons. The smallest absolute Gasteiger partial charge is 0.335 e. The molecular weight excluding hydrogens is 432 g/mol. The summed E-state index contributed by atoms with van der Waals surface area (Å²) in [5, 5.41) is 2.21. The number of hydrogen-bond donors (Lipinski definition) is 1. The van der Waals surface area contributed by atoms with E-state index < -0.39 is 17.8 Å². The van der Waals surface area contributed by atoms with Crippen LogP contribution in [0, 0.1) is 12.3 Å². The van der Waals surface area contributed by atoms with Gasteiger partial charge in [-0.25, -0.2) is 9.69 Å². The van der Waals surface area contributed by atoms with Crippen LogP contribution in [0.4, 0.5) is 10.5 Å². The maximum absolute atomic E-state index is 13.1. The van der Waals surface area contributed by atoms with Crippen molar-refractivity contribution in [3.63, 3.8) is 0 Å². The molecule has 0 saturated carbocycles. The Labute approximate surface area is 196 Å². The number of barbiturate groups is 1. The van der Waals surface area contributed by atoms with Crippen molar-refractivity contribution >= 4 is 29.6 Å². The third-order valence-electron chi connectivity index (χ3n) is 4.94. The Hall–Kier alpha value is -4.83. The minimum Gasteiger partial charge on any atom is -0.489 e. The highest BCUT2D eigenvalue weighted by atomic mass is 16.5. The molecule has 0 bridgehead atoms. The molecule has 1 fully saturated rings. The second kappa shape index (κ2) is 10.2. The second-order valence-electron chi connectivity index (χ2n) is 7.29. The molecule has 1 aliphatic rings. The number of benzene rings is 3. The molecule has 3 aromatic carbocycles. The van der Waals surface area contributed by atoms with Crippen molar-refractivity contribution in [2.75, 3.05) is 11.5 Å². The largest absolute Gasteiger partial charge is 0.489 e. The van der Waals surface area contributed by atoms with E-state index >= 15 is 0 Å². The van der Waals surface area contributed by atoms with Crippen LogP contribution in [0.25, 0.3) is 6.08 Å². The highest BCUT2D eigenvalue weighted by Gasteiger charge is 2.36. The standard InChI is InChI=1S/C27H20N2O5/c1-2-15-33-23-10-6-9-20(16-23)17-24-25(30)28-27(32)29(26(24)31)21-11-13-22(14-12-21)34-18-19-7-4-3-5-8-19/h1,3-14,16-17H,15,18H2,(H,28,30,32)/b24-17-. The number of carbonyl (C=O) groups excluding carboxylic acids is 3. The Morgan fingerprint density at radius 1 is 0.882 bits per heavy atom. The number of anilines is 1. The number of nitrogens with one attached hydrogen (secondary N) is 1. The number of carbonyl (C=O) groups is 3. The van der Waals surface area contributed by atoms with Gasteiger partial charge < -0.3 is 9.47 Å². The lowest BCUT2D eigenvalue weighted by atomic mass is 10.1. The van der Waals surface area contributed by atoms with Gasteiger partial charge in [-0.2, -0.15) is 0 Å². The van der Waals surface area contributed by atoms with E-state index in [1.54, 1.807) is 48.5 Å². The molecule has 0 spiro atoms. The average molecular weight is 452 g/mol. The van der Waals surface area contributed by atoms with Gasteiger partial charge >= 0.3 is 6.03 Å². The van der Waals surface area contributed by atoms with E-state index in [1.165, 1.54) is 6.08 Å². The van der Waals surface area contributed by atoms with E-state index in [0.717, 1.165) is 10.5 Å². The maximum atomic E-state index is 13.1. The first kappa shape index (κ1) is 22.4. The zero-order chi connectivity index (χ0) is 23.9. The highest BCUT2D eigenvalue weighted by Crippen LogP contribution is 2.25. The number of nitrogens with zero attached hydrogens (tertiary/aromatic N) is 1. The molecule has 0 aromatic heterocycles. The highest BCUT2D eigenvalue weighted by molar-refractivity contribution is 6.39. The number of rotatable bonds is 7. The van der Waals surface area contributed by atoms with E-state index in [4.69, 9.17) is 15.9 Å². The van der Waals surface area contributed by atoms with E-state index in [9.17, 15) is 14.4 Å². The van der Waals surface area contributed by atoms with Crippen LogP contribution in [-0.2, 0) is 16.2 Å². The number of imide groups is 2. The SMILES string of the molecule is C#CCOc1cccc(/C=C2/C(=O)NC(=O)N(c3ccc(OCc4ccccc4)cc3)C2=O)c1. The monoisotopic (exact) mass is 452 g/mol. The van der Waals surface area contributed by atoms with Crippen LogP contribution in [0.2, 0.25) is 0 Å². The van der Waals surface area contributed by atoms with Gasteiger partial charge in [0.15, 0.2) is 0 Å². The second-order valence-corrected chi connectivity index (χ2v) is 7.29. The van der Waals surface area contributed by atoms with E-state index in [1.807, 2.05) is 30.3 Å². The first-order valence-corrected chi connectivity index (χ1v) is 10.4. The zero-order valence-corrected chi connectivity index (χ0v) is 18.1. The molecule has 0 atom stereocenters. The fourth-order valence-electron chi connectivity index (χ4n) is 3.31. The van der Waals surface area contributed by atoms with Gasteiger partial charge in [-0.1, -0.05) is 48.4 Å². The summed E-state index contributed by atoms with van der Waals surface area (Å²) in [6, 6.07) is 22.1. The molecule has 7 nitrogen and oxygen atoms in total. The van der Waals surface area contributed by atoms with Gasteiger partial charge in [0.25, 0.3) is 11.8 Å². The molecule has 168 valence electrons. The molecule has 1 aliphatic heterocycles. The van der Waals surface area contributed by atoms with Crippen LogP contribution in [-0.4, -0.2) is 24.5 Å². The Morgan fingerprint density at radius 3 is 2.38 bits per heavy atom.